The van der Waals surface area contributed by atoms with Crippen molar-refractivity contribution in [1.29, 1.82) is 0 Å². The molecule has 43 heavy (non-hydrogen) atoms. The van der Waals surface area contributed by atoms with Crippen molar-refractivity contribution >= 4 is 12.1 Å². The Morgan fingerprint density at radius 3 is 2.02 bits per heavy atom. The van der Waals surface area contributed by atoms with E-state index in [0.717, 1.165) is 6.42 Å². The zero-order valence-electron chi connectivity index (χ0n) is 27.4. The van der Waals surface area contributed by atoms with E-state index >= 15 is 0 Å². The first kappa shape index (κ1) is 34.3. The average molecular weight is 691 g/mol. The Hall–Kier alpha value is -1.53. The zero-order valence-corrected chi connectivity index (χ0v) is 31.4. The van der Waals surface area contributed by atoms with Crippen LogP contribution in [0.4, 0.5) is 0 Å². The molecular weight excluding hydrogens is 643 g/mol. The van der Waals surface area contributed by atoms with E-state index in [1.807, 2.05) is 9.76 Å². The molecule has 0 spiro atoms. The molecule has 3 aromatic rings. The van der Waals surface area contributed by atoms with Crippen LogP contribution < -0.4 is 28.1 Å². The van der Waals surface area contributed by atoms with Gasteiger partial charge in [-0.2, -0.15) is 0 Å². The van der Waals surface area contributed by atoms with Crippen molar-refractivity contribution in [1.82, 2.24) is 0 Å². The Kier molecular flexibility index (Phi) is 10.4. The molecule has 3 aliphatic carbocycles. The van der Waals surface area contributed by atoms with Gasteiger partial charge in [-0.3, -0.25) is 0 Å². The van der Waals surface area contributed by atoms with Crippen LogP contribution in [0, 0.1) is 5.92 Å². The Morgan fingerprint density at radius 2 is 1.40 bits per heavy atom. The second-order valence-corrected chi connectivity index (χ2v) is 21.0. The fourth-order valence-corrected chi connectivity index (χ4v) is 17.9. The molecule has 0 N–H and O–H groups in total. The second kappa shape index (κ2) is 13.1. The van der Waals surface area contributed by atoms with Crippen molar-refractivity contribution in [3.05, 3.63) is 103 Å². The second-order valence-electron chi connectivity index (χ2n) is 14.9. The monoisotopic (exact) mass is 688 g/mol. The smallest absolute Gasteiger partial charge is 1.00 e. The molecule has 3 heteroatoms. The Balaban J connectivity index is 0.00000212. The van der Waals surface area contributed by atoms with E-state index in [1.165, 1.54) is 59.9 Å². The molecular formula is C40H48Cl2Zr. The number of hydrogen-bond acceptors (Lipinski definition) is 0. The maximum atomic E-state index is 2.61. The van der Waals surface area contributed by atoms with Gasteiger partial charge in [-0.05, 0) is 0 Å². The van der Waals surface area contributed by atoms with Crippen LogP contribution in [0.2, 0.25) is 0 Å². The summed E-state index contributed by atoms with van der Waals surface area (Å²) in [7, 11) is 0. The van der Waals surface area contributed by atoms with Gasteiger partial charge in [0.25, 0.3) is 0 Å². The molecule has 0 heterocycles. The van der Waals surface area contributed by atoms with Gasteiger partial charge in [0, 0.05) is 0 Å². The van der Waals surface area contributed by atoms with Crippen LogP contribution >= 0.6 is 0 Å². The van der Waals surface area contributed by atoms with Crippen molar-refractivity contribution in [3.63, 3.8) is 0 Å². The fourth-order valence-electron chi connectivity index (χ4n) is 7.68. The third kappa shape index (κ3) is 6.44. The van der Waals surface area contributed by atoms with Crippen LogP contribution in [0.5, 0.6) is 0 Å². The number of rotatable bonds is 3. The van der Waals surface area contributed by atoms with Gasteiger partial charge >= 0.3 is 259 Å². The fraction of sp³-hybridized carbons (Fsp3) is 0.425. The summed E-state index contributed by atoms with van der Waals surface area (Å²) in [5, 5.41) is 0. The average Bonchev–Trinajstić information content (AvgIpc) is 3.45. The van der Waals surface area contributed by atoms with Gasteiger partial charge in [0.1, 0.15) is 0 Å². The van der Waals surface area contributed by atoms with Crippen LogP contribution in [0.25, 0.3) is 16.7 Å². The van der Waals surface area contributed by atoms with Gasteiger partial charge in [-0.15, -0.1) is 0 Å². The van der Waals surface area contributed by atoms with E-state index in [9.17, 15) is 0 Å². The first-order valence-electron chi connectivity index (χ1n) is 16.0. The molecule has 0 aliphatic heterocycles. The molecule has 3 aliphatic rings. The van der Waals surface area contributed by atoms with E-state index < -0.39 is 21.3 Å². The van der Waals surface area contributed by atoms with E-state index in [-0.39, 0.29) is 35.6 Å². The normalized spacial score (nSPS) is 17.8. The molecule has 0 amide bonds. The van der Waals surface area contributed by atoms with Crippen molar-refractivity contribution < 1.29 is 46.1 Å². The third-order valence-electron chi connectivity index (χ3n) is 9.84. The minimum atomic E-state index is -2.46. The topological polar surface area (TPSA) is 0 Å². The summed E-state index contributed by atoms with van der Waals surface area (Å²) in [6.07, 6.45) is 10.6. The third-order valence-corrected chi connectivity index (χ3v) is 18.8. The molecule has 0 radical (unpaired) electrons. The predicted molar refractivity (Wildman–Crippen MR) is 176 cm³/mol. The van der Waals surface area contributed by atoms with Crippen molar-refractivity contribution in [2.24, 2.45) is 5.92 Å². The van der Waals surface area contributed by atoms with Gasteiger partial charge in [0.15, 0.2) is 0 Å². The van der Waals surface area contributed by atoms with Gasteiger partial charge in [0.05, 0.1) is 0 Å². The summed E-state index contributed by atoms with van der Waals surface area (Å²) < 4.78 is 5.67. The standard InChI is InChI=1S/C21H25.C13H13.C6H10.2ClH.Zr/c1-20(2,3)16-7-9-18-14(12-16)11-15-13-17(21(4,5)6)8-10-19(15)18;1-10-8-11(2)13(9-10)12-6-4-3-5-7-12;1-2-4-6-5-3-1;;;/h7-10,12H,11H2,1-6H3;3-7,9-10H,1-2H3;1-5H2;2*1H;/q;;;;;+2/p-2. The molecule has 1 atom stereocenters. The van der Waals surface area contributed by atoms with E-state index in [4.69, 9.17) is 0 Å². The molecule has 1 unspecified atom stereocenters. The van der Waals surface area contributed by atoms with Crippen LogP contribution in [0.15, 0.2) is 75.6 Å². The summed E-state index contributed by atoms with van der Waals surface area (Å²) in [6, 6.07) is 23.6. The predicted octanol–water partition coefficient (Wildman–Crippen LogP) is 4.25. The van der Waals surface area contributed by atoms with E-state index in [1.54, 1.807) is 22.3 Å². The number of allylic oxidation sites excluding steroid dienone is 4. The van der Waals surface area contributed by atoms with Gasteiger partial charge in [-0.1, -0.05) is 0 Å². The first-order valence-corrected chi connectivity index (χ1v) is 19.6. The van der Waals surface area contributed by atoms with Crippen molar-refractivity contribution in [2.45, 2.75) is 105 Å². The SMILES string of the molecule is CC1=[C]([Zr+2](=[C]2CCCCC2)[c]2c(C(C)(C)C)ccc3c2Cc2cc(C(C)(C)C)ccc2-3)C(C)C=C1c1ccccc1.[Cl-].[Cl-]. The maximum Gasteiger partial charge on any atom is -1.00 e. The summed E-state index contributed by atoms with van der Waals surface area (Å²) in [5.41, 5.74) is 14.1. The van der Waals surface area contributed by atoms with Crippen molar-refractivity contribution in [3.8, 4) is 11.1 Å². The number of halogens is 2. The summed E-state index contributed by atoms with van der Waals surface area (Å²) in [6.45, 7) is 19.4. The number of fused-ring (bicyclic) bond motifs is 3. The summed E-state index contributed by atoms with van der Waals surface area (Å²) >= 11 is -2.46. The first-order chi connectivity index (χ1) is 19.4. The Morgan fingerprint density at radius 1 is 0.744 bits per heavy atom. The van der Waals surface area contributed by atoms with E-state index in [0.29, 0.717) is 5.92 Å². The molecule has 1 saturated carbocycles. The van der Waals surface area contributed by atoms with Crippen LogP contribution in [0.3, 0.4) is 0 Å². The largest absolute Gasteiger partial charge is 1.00 e. The van der Waals surface area contributed by atoms with Crippen LogP contribution in [0.1, 0.15) is 115 Å². The molecule has 0 aromatic heterocycles. The summed E-state index contributed by atoms with van der Waals surface area (Å²) in [5.74, 6) is 0.522. The van der Waals surface area contributed by atoms with E-state index in [2.05, 4.69) is 122 Å². The van der Waals surface area contributed by atoms with Crippen LogP contribution in [-0.2, 0) is 38.5 Å². The molecule has 0 bridgehead atoms. The van der Waals surface area contributed by atoms with Crippen LogP contribution in [-0.4, -0.2) is 3.21 Å². The quantitative estimate of drug-likeness (QED) is 0.302. The maximum absolute atomic E-state index is 2.61. The molecule has 0 nitrogen and oxygen atoms in total. The minimum absolute atomic E-state index is 0. The molecule has 1 fully saturated rings. The minimum Gasteiger partial charge on any atom is -1.00 e. The van der Waals surface area contributed by atoms with Gasteiger partial charge in [-0.25, -0.2) is 0 Å². The summed E-state index contributed by atoms with van der Waals surface area (Å²) in [4.78, 5) is 0. The molecule has 0 saturated heterocycles. The molecule has 3 aromatic carbocycles. The Bertz CT molecular complexity index is 1600. The Labute approximate surface area is 281 Å². The number of hydrogen-bond donors (Lipinski definition) is 0. The van der Waals surface area contributed by atoms with Gasteiger partial charge in [0.2, 0.25) is 0 Å². The molecule has 6 rings (SSSR count). The molecule has 226 valence electrons. The zero-order chi connectivity index (χ0) is 29.1. The van der Waals surface area contributed by atoms with Crippen molar-refractivity contribution in [2.75, 3.05) is 0 Å². The number of benzene rings is 3. The van der Waals surface area contributed by atoms with Gasteiger partial charge < -0.3 is 24.8 Å².